The fourth-order valence-corrected chi connectivity index (χ4v) is 3.71. The number of rotatable bonds is 6. The van der Waals surface area contributed by atoms with Crippen molar-refractivity contribution in [1.29, 1.82) is 0 Å². The number of benzene rings is 1. The van der Waals surface area contributed by atoms with Gasteiger partial charge in [-0.05, 0) is 48.8 Å². The van der Waals surface area contributed by atoms with Crippen molar-refractivity contribution in [2.75, 3.05) is 6.54 Å². The number of hydrogen-bond acceptors (Lipinski definition) is 5. The molecular weight excluding hydrogens is 376 g/mol. The molecule has 1 aromatic carbocycles. The third-order valence-electron chi connectivity index (χ3n) is 5.62. The Morgan fingerprint density at radius 2 is 2.10 bits per heavy atom. The highest BCUT2D eigenvalue weighted by atomic mass is 16.5. The number of aromatic nitrogens is 2. The van der Waals surface area contributed by atoms with Gasteiger partial charge >= 0.3 is 0 Å². The van der Waals surface area contributed by atoms with E-state index >= 15 is 0 Å². The molecule has 1 aliphatic heterocycles. The molecule has 158 valence electrons. The van der Waals surface area contributed by atoms with E-state index in [9.17, 15) is 10.2 Å². The van der Waals surface area contributed by atoms with Crippen molar-refractivity contribution in [3.63, 3.8) is 0 Å². The minimum atomic E-state index is -1.33. The molecule has 6 heteroatoms. The second-order valence-electron chi connectivity index (χ2n) is 7.55. The lowest BCUT2D eigenvalue weighted by atomic mass is 9.91. The van der Waals surface area contributed by atoms with E-state index in [-0.39, 0.29) is 12.0 Å². The summed E-state index contributed by atoms with van der Waals surface area (Å²) in [6.07, 6.45) is 7.80. The molecule has 0 spiro atoms. The summed E-state index contributed by atoms with van der Waals surface area (Å²) in [4.78, 5) is 4.92. The monoisotopic (exact) mass is 406 g/mol. The van der Waals surface area contributed by atoms with Gasteiger partial charge in [-0.2, -0.15) is 5.10 Å². The third-order valence-corrected chi connectivity index (χ3v) is 5.62. The molecule has 2 atom stereocenters. The molecular formula is C24H30N4O2. The van der Waals surface area contributed by atoms with E-state index in [0.717, 1.165) is 39.5 Å². The minimum Gasteiger partial charge on any atom is -0.367 e. The van der Waals surface area contributed by atoms with E-state index in [0.29, 0.717) is 13.0 Å². The Labute approximate surface area is 177 Å². The van der Waals surface area contributed by atoms with Gasteiger partial charge in [0.1, 0.15) is 0 Å². The van der Waals surface area contributed by atoms with Crippen molar-refractivity contribution in [3.05, 3.63) is 59.1 Å². The normalized spacial score (nSPS) is 21.3. The quantitative estimate of drug-likeness (QED) is 0.507. The number of nitrogens with one attached hydrogen (secondary N) is 1. The molecule has 1 aromatic heterocycles. The second kappa shape index (κ2) is 9.80. The van der Waals surface area contributed by atoms with E-state index in [2.05, 4.69) is 29.6 Å². The van der Waals surface area contributed by atoms with Gasteiger partial charge < -0.3 is 15.5 Å². The largest absolute Gasteiger partial charge is 0.367 e. The smallest absolute Gasteiger partial charge is 0.167 e. The summed E-state index contributed by atoms with van der Waals surface area (Å²) in [5.41, 5.74) is 2.91. The van der Waals surface area contributed by atoms with Crippen LogP contribution in [0.5, 0.6) is 0 Å². The molecule has 2 heterocycles. The molecule has 30 heavy (non-hydrogen) atoms. The Kier molecular flexibility index (Phi) is 7.15. The Morgan fingerprint density at radius 1 is 1.33 bits per heavy atom. The average molecular weight is 407 g/mol. The zero-order valence-electron chi connectivity index (χ0n) is 17.6. The van der Waals surface area contributed by atoms with E-state index in [1.165, 1.54) is 0 Å². The molecule has 1 aliphatic rings. The highest BCUT2D eigenvalue weighted by molar-refractivity contribution is 5.94. The molecule has 2 unspecified atom stereocenters. The molecule has 2 aromatic rings. The van der Waals surface area contributed by atoms with Gasteiger partial charge in [0, 0.05) is 29.9 Å². The molecule has 0 radical (unpaired) electrons. The van der Waals surface area contributed by atoms with Gasteiger partial charge in [0.05, 0.1) is 12.2 Å². The van der Waals surface area contributed by atoms with E-state index < -0.39 is 6.29 Å². The zero-order valence-corrected chi connectivity index (χ0v) is 17.6. The van der Waals surface area contributed by atoms with Crippen LogP contribution in [-0.4, -0.2) is 44.6 Å². The first-order chi connectivity index (χ1) is 14.4. The standard InChI is InChI=1S/C24H30N4O2/c1-5-18(13-19-10-8-7-9-16(19)3)21-15-26-28(6-2)23(21)27-17(4)20-11-12-22(24(29)30)25-14-20/h5-10,13,15,20,22,24-25,29-30H,2-3,11-12,14H2,1,4H3/b18-5?,19-13-,27-17+. The van der Waals surface area contributed by atoms with Crippen LogP contribution in [0, 0.1) is 5.92 Å². The Morgan fingerprint density at radius 3 is 2.70 bits per heavy atom. The molecule has 3 rings (SSSR count). The average Bonchev–Trinajstić information content (AvgIpc) is 3.15. The van der Waals surface area contributed by atoms with Crippen LogP contribution in [0.25, 0.3) is 24.4 Å². The first-order valence-corrected chi connectivity index (χ1v) is 10.2. The molecule has 0 amide bonds. The zero-order chi connectivity index (χ0) is 21.7. The molecule has 0 bridgehead atoms. The van der Waals surface area contributed by atoms with Crippen LogP contribution in [0.4, 0.5) is 5.82 Å². The summed E-state index contributed by atoms with van der Waals surface area (Å²) in [7, 11) is 0. The fourth-order valence-electron chi connectivity index (χ4n) is 3.71. The molecule has 1 fully saturated rings. The maximum absolute atomic E-state index is 9.37. The van der Waals surface area contributed by atoms with Crippen LogP contribution >= 0.6 is 0 Å². The molecule has 6 nitrogen and oxygen atoms in total. The summed E-state index contributed by atoms with van der Waals surface area (Å²) >= 11 is 0. The lowest BCUT2D eigenvalue weighted by molar-refractivity contribution is -0.0734. The number of nitrogens with zero attached hydrogens (tertiary/aromatic N) is 3. The summed E-state index contributed by atoms with van der Waals surface area (Å²) in [6, 6.07) is 7.72. The molecule has 0 saturated carbocycles. The van der Waals surface area contributed by atoms with Crippen LogP contribution < -0.4 is 15.8 Å². The summed E-state index contributed by atoms with van der Waals surface area (Å²) in [5.74, 6) is 0.956. The topological polar surface area (TPSA) is 82.7 Å². The number of aliphatic imine (C=N–C) groups is 1. The van der Waals surface area contributed by atoms with E-state index in [1.807, 2.05) is 50.4 Å². The first kappa shape index (κ1) is 21.9. The number of aliphatic hydroxyl groups is 2. The highest BCUT2D eigenvalue weighted by Crippen LogP contribution is 2.29. The number of hydrogen-bond donors (Lipinski definition) is 3. The van der Waals surface area contributed by atoms with Crippen molar-refractivity contribution in [2.45, 2.75) is 39.0 Å². The molecule has 1 saturated heterocycles. The maximum atomic E-state index is 9.37. The fraction of sp³-hybridized carbons (Fsp3) is 0.333. The molecule has 0 aliphatic carbocycles. The highest BCUT2D eigenvalue weighted by Gasteiger charge is 2.26. The number of allylic oxidation sites excluding steroid dienone is 2. The van der Waals surface area contributed by atoms with Crippen molar-refractivity contribution in [2.24, 2.45) is 10.9 Å². The van der Waals surface area contributed by atoms with Gasteiger partial charge in [0.25, 0.3) is 0 Å². The molecule has 3 N–H and O–H groups in total. The number of aliphatic hydroxyl groups excluding tert-OH is 1. The van der Waals surface area contributed by atoms with Gasteiger partial charge in [-0.25, -0.2) is 9.67 Å². The van der Waals surface area contributed by atoms with Crippen molar-refractivity contribution < 1.29 is 10.2 Å². The Hall–Kier alpha value is -2.80. The van der Waals surface area contributed by atoms with Crippen LogP contribution in [0.2, 0.25) is 0 Å². The SMILES string of the molecule is C=Cn1ncc(C(=CC)/C=c2/ccccc2=C)c1/N=C(\C)C1CCC(C(O)O)NC1. The van der Waals surface area contributed by atoms with Crippen LogP contribution in [0.1, 0.15) is 32.3 Å². The minimum absolute atomic E-state index is 0.222. The summed E-state index contributed by atoms with van der Waals surface area (Å²) in [5, 5.41) is 28.4. The van der Waals surface area contributed by atoms with Gasteiger partial charge in [-0.15, -0.1) is 0 Å². The number of piperidine rings is 1. The maximum Gasteiger partial charge on any atom is 0.167 e. The lowest BCUT2D eigenvalue weighted by Crippen LogP contribution is -2.47. The van der Waals surface area contributed by atoms with Crippen LogP contribution in [0.3, 0.4) is 0 Å². The lowest BCUT2D eigenvalue weighted by Gasteiger charge is -2.30. The van der Waals surface area contributed by atoms with Gasteiger partial charge in [0.2, 0.25) is 0 Å². The second-order valence-corrected chi connectivity index (χ2v) is 7.55. The van der Waals surface area contributed by atoms with Crippen LogP contribution in [-0.2, 0) is 0 Å². The third kappa shape index (κ3) is 4.84. The Bertz CT molecular complexity index is 1060. The van der Waals surface area contributed by atoms with E-state index in [1.54, 1.807) is 10.9 Å². The van der Waals surface area contributed by atoms with Crippen molar-refractivity contribution >= 4 is 36.0 Å². The van der Waals surface area contributed by atoms with Gasteiger partial charge in [-0.3, -0.25) is 0 Å². The summed E-state index contributed by atoms with van der Waals surface area (Å²) in [6.45, 7) is 12.6. The van der Waals surface area contributed by atoms with Gasteiger partial charge in [0.15, 0.2) is 12.1 Å². The van der Waals surface area contributed by atoms with E-state index in [4.69, 9.17) is 4.99 Å². The Balaban J connectivity index is 1.95. The van der Waals surface area contributed by atoms with Crippen LogP contribution in [0.15, 0.2) is 48.1 Å². The predicted octanol–water partition coefficient (Wildman–Crippen LogP) is 2.05. The van der Waals surface area contributed by atoms with Gasteiger partial charge in [-0.1, -0.05) is 43.5 Å². The summed E-state index contributed by atoms with van der Waals surface area (Å²) < 4.78 is 1.68. The first-order valence-electron chi connectivity index (χ1n) is 10.2. The predicted molar refractivity (Wildman–Crippen MR) is 123 cm³/mol. The van der Waals surface area contributed by atoms with Crippen molar-refractivity contribution in [1.82, 2.24) is 15.1 Å². The van der Waals surface area contributed by atoms with Crippen molar-refractivity contribution in [3.8, 4) is 0 Å².